The molecule has 2 aliphatic rings. The number of aromatic nitrogens is 1. The maximum absolute atomic E-state index is 15.5. The Bertz CT molecular complexity index is 1710. The van der Waals surface area contributed by atoms with Crippen LogP contribution >= 0.6 is 22.7 Å². The number of ether oxygens (including phenoxy) is 1. The number of H-pyrrole nitrogens is 1. The number of phenols is 1. The van der Waals surface area contributed by atoms with Crippen molar-refractivity contribution in [1.82, 2.24) is 20.1 Å². The number of carbonyl (C=O) groups excluding carboxylic acids is 1. The molecule has 45 heavy (non-hydrogen) atoms. The van der Waals surface area contributed by atoms with Gasteiger partial charge in [-0.3, -0.25) is 14.5 Å². The minimum atomic E-state index is -0.888. The van der Waals surface area contributed by atoms with E-state index in [0.717, 1.165) is 49.3 Å². The molecule has 6 rings (SSSR count). The first kappa shape index (κ1) is 31.8. The zero-order chi connectivity index (χ0) is 31.6. The largest absolute Gasteiger partial charge is 0.506 e. The first-order valence-corrected chi connectivity index (χ1v) is 17.2. The molecule has 12 heteroatoms. The summed E-state index contributed by atoms with van der Waals surface area (Å²) < 4.78 is 22.3. The van der Waals surface area contributed by atoms with Gasteiger partial charge in [0.1, 0.15) is 17.1 Å². The molecule has 0 bridgehead atoms. The fraction of sp³-hybridized carbons (Fsp3) is 0.455. The zero-order valence-electron chi connectivity index (χ0n) is 25.3. The van der Waals surface area contributed by atoms with Crippen LogP contribution in [0.3, 0.4) is 0 Å². The van der Waals surface area contributed by atoms with Crippen molar-refractivity contribution in [3.63, 3.8) is 0 Å². The van der Waals surface area contributed by atoms with Gasteiger partial charge in [0.25, 0.3) is 5.91 Å². The average Bonchev–Trinajstić information content (AvgIpc) is 3.69. The molecule has 2 saturated heterocycles. The molecule has 0 aliphatic carbocycles. The van der Waals surface area contributed by atoms with E-state index in [1.54, 1.807) is 23.5 Å². The second-order valence-electron chi connectivity index (χ2n) is 11.9. The van der Waals surface area contributed by atoms with Crippen molar-refractivity contribution < 1.29 is 24.1 Å². The number of aliphatic hydroxyl groups excluding tert-OH is 1. The first-order chi connectivity index (χ1) is 21.7. The van der Waals surface area contributed by atoms with Crippen molar-refractivity contribution in [3.8, 4) is 5.75 Å². The number of amides is 1. The smallest absolute Gasteiger partial charge is 0.305 e. The summed E-state index contributed by atoms with van der Waals surface area (Å²) in [4.78, 5) is 32.6. The average molecular weight is 655 g/mol. The third-order valence-electron chi connectivity index (χ3n) is 8.96. The van der Waals surface area contributed by atoms with Gasteiger partial charge in [0.2, 0.25) is 0 Å². The number of nitrogens with zero attached hydrogens (tertiary/aromatic N) is 2. The molecule has 1 spiro atoms. The molecule has 1 unspecified atom stereocenters. The van der Waals surface area contributed by atoms with Crippen LogP contribution in [0.15, 0.2) is 46.6 Å². The van der Waals surface area contributed by atoms with Crippen LogP contribution in [0.1, 0.15) is 57.8 Å². The number of carbonyl (C=O) groups is 1. The number of fused-ring (bicyclic) bond motifs is 1. The van der Waals surface area contributed by atoms with Crippen LogP contribution in [0.25, 0.3) is 10.2 Å². The second-order valence-corrected chi connectivity index (χ2v) is 13.9. The topological polar surface area (TPSA) is 118 Å². The Hall–Kier alpha value is -3.13. The maximum Gasteiger partial charge on any atom is 0.305 e. The number of aryl methyl sites for hydroxylation is 1. The molecule has 2 aromatic carbocycles. The summed E-state index contributed by atoms with van der Waals surface area (Å²) in [5.41, 5.74) is 2.57. The van der Waals surface area contributed by atoms with Crippen LogP contribution in [0.4, 0.5) is 4.39 Å². The molecule has 9 nitrogen and oxygen atoms in total. The minimum absolute atomic E-state index is 0.0349. The number of halogens is 1. The highest BCUT2D eigenvalue weighted by Gasteiger charge is 2.41. The Morgan fingerprint density at radius 3 is 2.78 bits per heavy atom. The number of thiazole rings is 1. The van der Waals surface area contributed by atoms with Gasteiger partial charge < -0.3 is 30.2 Å². The Kier molecular flexibility index (Phi) is 9.69. The number of thiophene rings is 1. The molecule has 2 aliphatic heterocycles. The number of rotatable bonds is 10. The molecule has 0 radical (unpaired) electrons. The lowest BCUT2D eigenvalue weighted by molar-refractivity contribution is -0.128. The number of nitrogens with one attached hydrogen (secondary N) is 2. The van der Waals surface area contributed by atoms with E-state index in [2.05, 4.69) is 22.1 Å². The fourth-order valence-corrected chi connectivity index (χ4v) is 8.09. The number of benzene rings is 2. The molecule has 2 fully saturated rings. The van der Waals surface area contributed by atoms with E-state index < -0.39 is 6.10 Å². The van der Waals surface area contributed by atoms with Gasteiger partial charge in [0.15, 0.2) is 0 Å². The lowest BCUT2D eigenvalue weighted by atomic mass is 9.89. The van der Waals surface area contributed by atoms with Crippen LogP contribution in [0.2, 0.25) is 0 Å². The highest BCUT2D eigenvalue weighted by atomic mass is 32.1. The van der Waals surface area contributed by atoms with Crippen LogP contribution in [-0.4, -0.2) is 82.4 Å². The van der Waals surface area contributed by atoms with Crippen LogP contribution in [-0.2, 0) is 24.1 Å². The molecule has 1 atom stereocenters. The van der Waals surface area contributed by atoms with Crippen molar-refractivity contribution in [2.45, 2.75) is 50.9 Å². The summed E-state index contributed by atoms with van der Waals surface area (Å²) in [5.74, 6) is -0.159. The molecular formula is C33H39FN4O5S2. The van der Waals surface area contributed by atoms with Crippen molar-refractivity contribution >= 4 is 38.8 Å². The number of likely N-dealkylation sites (tertiary alicyclic amines) is 1. The van der Waals surface area contributed by atoms with Crippen molar-refractivity contribution in [2.24, 2.45) is 0 Å². The van der Waals surface area contributed by atoms with E-state index in [-0.39, 0.29) is 34.5 Å². The van der Waals surface area contributed by atoms with Crippen LogP contribution < -0.4 is 10.2 Å². The third kappa shape index (κ3) is 7.01. The number of aromatic amines is 1. The number of morpholine rings is 1. The van der Waals surface area contributed by atoms with Crippen molar-refractivity contribution in [1.29, 1.82) is 0 Å². The monoisotopic (exact) mass is 654 g/mol. The fourth-order valence-electron chi connectivity index (χ4n) is 6.36. The molecular weight excluding hydrogens is 616 g/mol. The zero-order valence-corrected chi connectivity index (χ0v) is 26.9. The first-order valence-electron chi connectivity index (χ1n) is 15.5. The van der Waals surface area contributed by atoms with E-state index in [1.165, 1.54) is 10.9 Å². The second kappa shape index (κ2) is 13.7. The van der Waals surface area contributed by atoms with Gasteiger partial charge in [0, 0.05) is 54.1 Å². The predicted molar refractivity (Wildman–Crippen MR) is 175 cm³/mol. The summed E-state index contributed by atoms with van der Waals surface area (Å²) in [7, 11) is 0. The number of aromatic hydroxyl groups is 1. The summed E-state index contributed by atoms with van der Waals surface area (Å²) >= 11 is 2.58. The lowest BCUT2D eigenvalue weighted by Gasteiger charge is -2.47. The van der Waals surface area contributed by atoms with Crippen LogP contribution in [0, 0.1) is 5.82 Å². The number of phenolic OH excluding ortho intramolecular Hbond substituents is 1. The maximum atomic E-state index is 15.5. The van der Waals surface area contributed by atoms with Crippen molar-refractivity contribution in [3.05, 3.63) is 84.4 Å². The Morgan fingerprint density at radius 1 is 1.20 bits per heavy atom. The van der Waals surface area contributed by atoms with Gasteiger partial charge >= 0.3 is 4.87 Å². The Labute approximate surface area is 269 Å². The third-order valence-corrected chi connectivity index (χ3v) is 11.0. The summed E-state index contributed by atoms with van der Waals surface area (Å²) in [6.07, 6.45) is 2.08. The highest BCUT2D eigenvalue weighted by Crippen LogP contribution is 2.33. The molecule has 4 heterocycles. The summed E-state index contributed by atoms with van der Waals surface area (Å²) in [6, 6.07) is 10.6. The van der Waals surface area contributed by atoms with Crippen molar-refractivity contribution in [2.75, 3.05) is 45.9 Å². The molecule has 2 aromatic heterocycles. The Balaban J connectivity index is 0.993. The standard InChI is InChI=1S/C33H39FN4O5S2/c1-2-24-16-23(19-44-24)31(41)38-14-15-43-33(20-38)9-12-37(13-10-33)18-22-5-3-4-21(28(22)34)8-11-35-17-27(40)25-6-7-26(39)29-30(25)45-32(42)36-29/h3-7,16,19,27,35,39-40H,2,8-15,17-18,20H2,1H3,(H,36,42). The molecule has 240 valence electrons. The quantitative estimate of drug-likeness (QED) is 0.187. The van der Waals surface area contributed by atoms with E-state index in [0.29, 0.717) is 66.1 Å². The van der Waals surface area contributed by atoms with Gasteiger partial charge in [-0.15, -0.1) is 11.3 Å². The van der Waals surface area contributed by atoms with E-state index >= 15 is 4.39 Å². The van der Waals surface area contributed by atoms with E-state index in [4.69, 9.17) is 4.74 Å². The number of hydrogen-bond donors (Lipinski definition) is 4. The predicted octanol–water partition coefficient (Wildman–Crippen LogP) is 4.43. The molecule has 4 N–H and O–H groups in total. The lowest BCUT2D eigenvalue weighted by Crippen LogP contribution is -2.57. The van der Waals surface area contributed by atoms with Crippen LogP contribution in [0.5, 0.6) is 5.75 Å². The van der Waals surface area contributed by atoms with E-state index in [9.17, 15) is 19.8 Å². The normalized spacial score (nSPS) is 17.7. The van der Waals surface area contributed by atoms with Gasteiger partial charge in [0.05, 0.1) is 35.1 Å². The molecule has 1 amide bonds. The Morgan fingerprint density at radius 2 is 2.00 bits per heavy atom. The number of hydrogen-bond acceptors (Lipinski definition) is 9. The summed E-state index contributed by atoms with van der Waals surface area (Å²) in [5, 5.41) is 25.9. The highest BCUT2D eigenvalue weighted by molar-refractivity contribution is 7.16. The van der Waals surface area contributed by atoms with E-state index in [1.807, 2.05) is 28.5 Å². The molecule has 0 saturated carbocycles. The number of aliphatic hydroxyl groups is 1. The van der Waals surface area contributed by atoms with Gasteiger partial charge in [-0.2, -0.15) is 0 Å². The van der Waals surface area contributed by atoms with Gasteiger partial charge in [-0.1, -0.05) is 42.5 Å². The number of piperidine rings is 1. The summed E-state index contributed by atoms with van der Waals surface area (Å²) in [6.45, 7) is 6.55. The van der Waals surface area contributed by atoms with Gasteiger partial charge in [-0.25, -0.2) is 4.39 Å². The minimum Gasteiger partial charge on any atom is -0.506 e. The van der Waals surface area contributed by atoms with Gasteiger partial charge in [-0.05, 0) is 49.9 Å². The molecule has 4 aromatic rings. The SMILES string of the molecule is CCc1cc(C(=O)N2CCOC3(CCN(Cc4cccc(CCNCC(O)c5ccc(O)c6[nH]c(=O)sc56)c4F)CC3)C2)cs1.